The highest BCUT2D eigenvalue weighted by Gasteiger charge is 2.34. The first-order valence-corrected chi connectivity index (χ1v) is 9.09. The minimum Gasteiger partial charge on any atom is -0.493 e. The topological polar surface area (TPSA) is 106 Å². The number of aromatic amines is 1. The van der Waals surface area contributed by atoms with E-state index in [0.717, 1.165) is 22.4 Å². The molecule has 0 saturated heterocycles. The number of ether oxygens (including phenoxy) is 3. The van der Waals surface area contributed by atoms with E-state index in [-0.39, 0.29) is 5.88 Å². The van der Waals surface area contributed by atoms with Crippen LogP contribution >= 0.6 is 0 Å². The standard InChI is InChI=1S/C22H20N4O3/c1-13-19-20(16(11-23)21(24)29-22(19)26-25-13)15-8-9-17(18(10-15)27-2)28-12-14-6-4-3-5-7-14/h3-10,20H,12,24H2,1-2H3,(H,25,26)/t20-/m0/s1. The van der Waals surface area contributed by atoms with Crippen molar-refractivity contribution in [2.24, 2.45) is 5.73 Å². The van der Waals surface area contributed by atoms with Crippen LogP contribution in [-0.4, -0.2) is 17.3 Å². The van der Waals surface area contributed by atoms with Crippen molar-refractivity contribution in [1.29, 1.82) is 5.26 Å². The molecule has 0 amide bonds. The van der Waals surface area contributed by atoms with Gasteiger partial charge in [0, 0.05) is 11.3 Å². The van der Waals surface area contributed by atoms with Crippen LogP contribution in [0.5, 0.6) is 17.4 Å². The smallest absolute Gasteiger partial charge is 0.244 e. The summed E-state index contributed by atoms with van der Waals surface area (Å²) < 4.78 is 17.0. The summed E-state index contributed by atoms with van der Waals surface area (Å²) in [5.41, 5.74) is 9.81. The SMILES string of the molecule is COc1cc([C@H]2C(C#N)=C(N)Oc3n[nH]c(C)c32)ccc1OCc1ccccc1. The van der Waals surface area contributed by atoms with Crippen LogP contribution in [0.3, 0.4) is 0 Å². The number of rotatable bonds is 5. The molecule has 2 heterocycles. The summed E-state index contributed by atoms with van der Waals surface area (Å²) in [5, 5.41) is 16.7. The van der Waals surface area contributed by atoms with Gasteiger partial charge in [-0.15, -0.1) is 5.10 Å². The second-order valence-electron chi connectivity index (χ2n) is 6.68. The summed E-state index contributed by atoms with van der Waals surface area (Å²) in [6.07, 6.45) is 0. The van der Waals surface area contributed by atoms with Crippen molar-refractivity contribution in [2.75, 3.05) is 7.11 Å². The highest BCUT2D eigenvalue weighted by atomic mass is 16.5. The minimum absolute atomic E-state index is 0.0554. The molecule has 0 fully saturated rings. The number of nitrogens with zero attached hydrogens (tertiary/aromatic N) is 2. The van der Waals surface area contributed by atoms with Gasteiger partial charge in [-0.3, -0.25) is 5.10 Å². The maximum absolute atomic E-state index is 9.68. The molecular weight excluding hydrogens is 368 g/mol. The number of aryl methyl sites for hydroxylation is 1. The number of nitrogens with two attached hydrogens (primary N) is 1. The molecule has 4 rings (SSSR count). The van der Waals surface area contributed by atoms with Crippen molar-refractivity contribution in [3.05, 3.63) is 82.4 Å². The highest BCUT2D eigenvalue weighted by Crippen LogP contribution is 2.44. The van der Waals surface area contributed by atoms with Crippen LogP contribution in [0.4, 0.5) is 0 Å². The Bertz CT molecular complexity index is 1110. The van der Waals surface area contributed by atoms with Gasteiger partial charge in [-0.05, 0) is 30.2 Å². The molecule has 1 aliphatic heterocycles. The second-order valence-corrected chi connectivity index (χ2v) is 6.68. The van der Waals surface area contributed by atoms with Gasteiger partial charge in [-0.1, -0.05) is 36.4 Å². The monoisotopic (exact) mass is 388 g/mol. The third kappa shape index (κ3) is 3.36. The number of fused-ring (bicyclic) bond motifs is 1. The van der Waals surface area contributed by atoms with Crippen LogP contribution in [0, 0.1) is 18.3 Å². The molecule has 3 aromatic rings. The first kappa shape index (κ1) is 18.4. The van der Waals surface area contributed by atoms with Crippen LogP contribution in [0.1, 0.15) is 28.3 Å². The predicted molar refractivity (Wildman–Crippen MR) is 106 cm³/mol. The Balaban J connectivity index is 1.70. The zero-order chi connectivity index (χ0) is 20.4. The molecule has 0 bridgehead atoms. The molecule has 1 aliphatic rings. The molecule has 1 aromatic heterocycles. The van der Waals surface area contributed by atoms with E-state index in [9.17, 15) is 5.26 Å². The lowest BCUT2D eigenvalue weighted by Gasteiger charge is -2.24. The maximum atomic E-state index is 9.68. The predicted octanol–water partition coefficient (Wildman–Crippen LogP) is 3.52. The average molecular weight is 388 g/mol. The van der Waals surface area contributed by atoms with Crippen LogP contribution in [-0.2, 0) is 6.61 Å². The molecule has 0 unspecified atom stereocenters. The van der Waals surface area contributed by atoms with Crippen molar-refractivity contribution < 1.29 is 14.2 Å². The van der Waals surface area contributed by atoms with Crippen LogP contribution in [0.25, 0.3) is 0 Å². The molecule has 7 heteroatoms. The van der Waals surface area contributed by atoms with Crippen molar-refractivity contribution in [3.8, 4) is 23.4 Å². The minimum atomic E-state index is -0.403. The van der Waals surface area contributed by atoms with E-state index in [1.165, 1.54) is 0 Å². The number of H-pyrrole nitrogens is 1. The normalized spacial score (nSPS) is 15.3. The third-order valence-electron chi connectivity index (χ3n) is 4.89. The number of benzene rings is 2. The van der Waals surface area contributed by atoms with Gasteiger partial charge in [0.15, 0.2) is 11.5 Å². The molecule has 0 spiro atoms. The van der Waals surface area contributed by atoms with Crippen molar-refractivity contribution in [3.63, 3.8) is 0 Å². The fourth-order valence-electron chi connectivity index (χ4n) is 3.45. The molecule has 0 saturated carbocycles. The number of allylic oxidation sites excluding steroid dienone is 1. The van der Waals surface area contributed by atoms with Crippen molar-refractivity contribution >= 4 is 0 Å². The summed E-state index contributed by atoms with van der Waals surface area (Å²) in [4.78, 5) is 0. The lowest BCUT2D eigenvalue weighted by molar-refractivity contribution is 0.284. The van der Waals surface area contributed by atoms with E-state index in [0.29, 0.717) is 29.6 Å². The van der Waals surface area contributed by atoms with Crippen LogP contribution in [0.15, 0.2) is 60.0 Å². The molecule has 0 aliphatic carbocycles. The zero-order valence-corrected chi connectivity index (χ0v) is 16.1. The van der Waals surface area contributed by atoms with Gasteiger partial charge >= 0.3 is 0 Å². The van der Waals surface area contributed by atoms with Gasteiger partial charge in [0.2, 0.25) is 11.8 Å². The molecule has 7 nitrogen and oxygen atoms in total. The van der Waals surface area contributed by atoms with E-state index in [1.54, 1.807) is 7.11 Å². The molecule has 3 N–H and O–H groups in total. The summed E-state index contributed by atoms with van der Waals surface area (Å²) >= 11 is 0. The Morgan fingerprint density at radius 3 is 2.72 bits per heavy atom. The molecule has 146 valence electrons. The Hall–Kier alpha value is -3.92. The van der Waals surface area contributed by atoms with Gasteiger partial charge in [-0.2, -0.15) is 5.26 Å². The average Bonchev–Trinajstić information content (AvgIpc) is 3.12. The highest BCUT2D eigenvalue weighted by molar-refractivity contribution is 5.57. The van der Waals surface area contributed by atoms with E-state index < -0.39 is 5.92 Å². The molecule has 29 heavy (non-hydrogen) atoms. The largest absolute Gasteiger partial charge is 0.493 e. The zero-order valence-electron chi connectivity index (χ0n) is 16.1. The quantitative estimate of drug-likeness (QED) is 0.693. The van der Waals surface area contributed by atoms with Gasteiger partial charge < -0.3 is 19.9 Å². The Morgan fingerprint density at radius 1 is 1.21 bits per heavy atom. The van der Waals surface area contributed by atoms with E-state index in [1.807, 2.05) is 55.5 Å². The second kappa shape index (κ2) is 7.60. The lowest BCUT2D eigenvalue weighted by Crippen LogP contribution is -2.21. The van der Waals surface area contributed by atoms with E-state index >= 15 is 0 Å². The fourth-order valence-corrected chi connectivity index (χ4v) is 3.45. The first-order chi connectivity index (χ1) is 14.1. The summed E-state index contributed by atoms with van der Waals surface area (Å²) in [5.74, 6) is 1.22. The molecule has 0 radical (unpaired) electrons. The van der Waals surface area contributed by atoms with Crippen LogP contribution < -0.4 is 19.9 Å². The van der Waals surface area contributed by atoms with Crippen LogP contribution in [0.2, 0.25) is 0 Å². The van der Waals surface area contributed by atoms with Gasteiger partial charge in [-0.25, -0.2) is 0 Å². The number of aromatic nitrogens is 2. The molecule has 2 aromatic carbocycles. The Morgan fingerprint density at radius 2 is 2.00 bits per heavy atom. The van der Waals surface area contributed by atoms with E-state index in [4.69, 9.17) is 19.9 Å². The number of hydrogen-bond donors (Lipinski definition) is 2. The van der Waals surface area contributed by atoms with Gasteiger partial charge in [0.1, 0.15) is 18.2 Å². The number of nitrogens with one attached hydrogen (secondary N) is 1. The summed E-state index contributed by atoms with van der Waals surface area (Å²) in [6, 6.07) is 17.7. The van der Waals surface area contributed by atoms with Gasteiger partial charge in [0.25, 0.3) is 0 Å². The van der Waals surface area contributed by atoms with Crippen molar-refractivity contribution in [2.45, 2.75) is 19.4 Å². The first-order valence-electron chi connectivity index (χ1n) is 9.09. The van der Waals surface area contributed by atoms with Crippen molar-refractivity contribution in [1.82, 2.24) is 10.2 Å². The molecular formula is C22H20N4O3. The molecule has 1 atom stereocenters. The Kier molecular flexibility index (Phi) is 4.83. The number of hydrogen-bond acceptors (Lipinski definition) is 6. The van der Waals surface area contributed by atoms with Gasteiger partial charge in [0.05, 0.1) is 13.0 Å². The lowest BCUT2D eigenvalue weighted by atomic mass is 9.84. The number of nitriles is 1. The van der Waals surface area contributed by atoms with E-state index in [2.05, 4.69) is 16.3 Å². The number of methoxy groups -OCH3 is 1. The summed E-state index contributed by atoms with van der Waals surface area (Å²) in [7, 11) is 1.59. The maximum Gasteiger partial charge on any atom is 0.244 e. The Labute approximate surface area is 168 Å². The third-order valence-corrected chi connectivity index (χ3v) is 4.89. The summed E-state index contributed by atoms with van der Waals surface area (Å²) in [6.45, 7) is 2.31. The fraction of sp³-hybridized carbons (Fsp3) is 0.182.